The molecule has 0 saturated carbocycles. The maximum absolute atomic E-state index is 9.72. The molecule has 0 aromatic carbocycles. The molecule has 1 rings (SSSR count). The summed E-state index contributed by atoms with van der Waals surface area (Å²) in [5.74, 6) is 0.425. The van der Waals surface area contributed by atoms with Crippen LogP contribution in [0.25, 0.3) is 0 Å². The van der Waals surface area contributed by atoms with Gasteiger partial charge in [0.05, 0.1) is 12.7 Å². The summed E-state index contributed by atoms with van der Waals surface area (Å²) in [6.07, 6.45) is 3.69. The SMILES string of the molecule is COCC(C)C1=CC(O)CC(C)(C)C1. The number of hydrogen-bond donors (Lipinski definition) is 1. The van der Waals surface area contributed by atoms with Crippen LogP contribution in [0.1, 0.15) is 33.6 Å². The van der Waals surface area contributed by atoms with Gasteiger partial charge in [0.25, 0.3) is 0 Å². The van der Waals surface area contributed by atoms with E-state index in [2.05, 4.69) is 20.8 Å². The minimum Gasteiger partial charge on any atom is -0.389 e. The minimum absolute atomic E-state index is 0.228. The molecule has 0 aromatic rings. The fourth-order valence-corrected chi connectivity index (χ4v) is 2.25. The van der Waals surface area contributed by atoms with E-state index >= 15 is 0 Å². The van der Waals surface area contributed by atoms with Crippen LogP contribution in [0, 0.1) is 11.3 Å². The first-order chi connectivity index (χ1) is 6.44. The Bertz CT molecular complexity index is 218. The van der Waals surface area contributed by atoms with Gasteiger partial charge in [0, 0.05) is 13.0 Å². The molecule has 0 aromatic heterocycles. The van der Waals surface area contributed by atoms with Gasteiger partial charge in [-0.3, -0.25) is 0 Å². The first-order valence-electron chi connectivity index (χ1n) is 5.32. The second-order valence-electron chi connectivity index (χ2n) is 5.21. The van der Waals surface area contributed by atoms with Crippen molar-refractivity contribution >= 4 is 0 Å². The van der Waals surface area contributed by atoms with Crippen LogP contribution in [0.2, 0.25) is 0 Å². The Kier molecular flexibility index (Phi) is 3.73. The van der Waals surface area contributed by atoms with E-state index in [9.17, 15) is 5.11 Å². The Labute approximate surface area is 87.0 Å². The summed E-state index contributed by atoms with van der Waals surface area (Å²) in [4.78, 5) is 0. The molecule has 2 unspecified atom stereocenters. The quantitative estimate of drug-likeness (QED) is 0.705. The molecule has 1 aliphatic rings. The number of aliphatic hydroxyl groups excluding tert-OH is 1. The highest BCUT2D eigenvalue weighted by Gasteiger charge is 2.29. The lowest BCUT2D eigenvalue weighted by Gasteiger charge is -2.34. The standard InChI is InChI=1S/C12H22O2/c1-9(8-14-4)10-5-11(13)7-12(2,3)6-10/h5,9,11,13H,6-8H2,1-4H3. The Morgan fingerprint density at radius 3 is 2.79 bits per heavy atom. The molecular weight excluding hydrogens is 176 g/mol. The second-order valence-corrected chi connectivity index (χ2v) is 5.21. The van der Waals surface area contributed by atoms with E-state index in [1.807, 2.05) is 6.08 Å². The zero-order valence-electron chi connectivity index (χ0n) is 9.71. The van der Waals surface area contributed by atoms with Crippen LogP contribution in [0.4, 0.5) is 0 Å². The van der Waals surface area contributed by atoms with Crippen molar-refractivity contribution in [2.24, 2.45) is 11.3 Å². The van der Waals surface area contributed by atoms with E-state index in [0.717, 1.165) is 19.4 Å². The van der Waals surface area contributed by atoms with Gasteiger partial charge in [-0.05, 0) is 18.3 Å². The topological polar surface area (TPSA) is 29.5 Å². The lowest BCUT2D eigenvalue weighted by molar-refractivity contribution is 0.124. The molecule has 82 valence electrons. The van der Waals surface area contributed by atoms with E-state index in [4.69, 9.17) is 4.74 Å². The van der Waals surface area contributed by atoms with Crippen LogP contribution in [-0.2, 0) is 4.74 Å². The second kappa shape index (κ2) is 4.45. The van der Waals surface area contributed by atoms with Gasteiger partial charge in [-0.15, -0.1) is 0 Å². The van der Waals surface area contributed by atoms with Crippen molar-refractivity contribution in [3.63, 3.8) is 0 Å². The summed E-state index contributed by atoms with van der Waals surface area (Å²) < 4.78 is 5.14. The molecule has 0 aliphatic heterocycles. The van der Waals surface area contributed by atoms with Crippen molar-refractivity contribution in [2.45, 2.75) is 39.7 Å². The van der Waals surface area contributed by atoms with Crippen LogP contribution >= 0.6 is 0 Å². The number of hydrogen-bond acceptors (Lipinski definition) is 2. The first-order valence-corrected chi connectivity index (χ1v) is 5.32. The van der Waals surface area contributed by atoms with Crippen LogP contribution < -0.4 is 0 Å². The van der Waals surface area contributed by atoms with Gasteiger partial charge in [-0.25, -0.2) is 0 Å². The maximum Gasteiger partial charge on any atom is 0.0728 e. The fourth-order valence-electron chi connectivity index (χ4n) is 2.25. The first kappa shape index (κ1) is 11.7. The summed E-state index contributed by atoms with van der Waals surface area (Å²) in [5, 5.41) is 9.72. The van der Waals surface area contributed by atoms with Gasteiger partial charge in [-0.1, -0.05) is 32.4 Å². The van der Waals surface area contributed by atoms with Crippen molar-refractivity contribution in [1.29, 1.82) is 0 Å². The fraction of sp³-hybridized carbons (Fsp3) is 0.833. The van der Waals surface area contributed by atoms with Gasteiger partial charge in [0.1, 0.15) is 0 Å². The van der Waals surface area contributed by atoms with Gasteiger partial charge in [0.2, 0.25) is 0 Å². The van der Waals surface area contributed by atoms with E-state index < -0.39 is 0 Å². The number of aliphatic hydroxyl groups is 1. The van der Waals surface area contributed by atoms with E-state index in [-0.39, 0.29) is 11.5 Å². The normalized spacial score (nSPS) is 28.4. The highest BCUT2D eigenvalue weighted by atomic mass is 16.5. The zero-order valence-corrected chi connectivity index (χ0v) is 9.71. The van der Waals surface area contributed by atoms with Gasteiger partial charge >= 0.3 is 0 Å². The molecule has 1 aliphatic carbocycles. The van der Waals surface area contributed by atoms with E-state index in [0.29, 0.717) is 5.92 Å². The Balaban J connectivity index is 2.68. The summed E-state index contributed by atoms with van der Waals surface area (Å²) >= 11 is 0. The van der Waals surface area contributed by atoms with Crippen LogP contribution in [0.3, 0.4) is 0 Å². The van der Waals surface area contributed by atoms with Crippen LogP contribution in [-0.4, -0.2) is 24.9 Å². The number of ether oxygens (including phenoxy) is 1. The van der Waals surface area contributed by atoms with Crippen molar-refractivity contribution < 1.29 is 9.84 Å². The van der Waals surface area contributed by atoms with Crippen LogP contribution in [0.15, 0.2) is 11.6 Å². The highest BCUT2D eigenvalue weighted by molar-refractivity contribution is 5.15. The molecule has 2 nitrogen and oxygen atoms in total. The van der Waals surface area contributed by atoms with Crippen molar-refractivity contribution in [3.8, 4) is 0 Å². The molecular formula is C12H22O2. The predicted octanol–water partition coefficient (Wildman–Crippen LogP) is 2.38. The summed E-state index contributed by atoms with van der Waals surface area (Å²) in [6.45, 7) is 7.32. The zero-order chi connectivity index (χ0) is 10.8. The lowest BCUT2D eigenvalue weighted by Crippen LogP contribution is -2.27. The van der Waals surface area contributed by atoms with Crippen LogP contribution in [0.5, 0.6) is 0 Å². The Morgan fingerprint density at radius 2 is 2.29 bits per heavy atom. The molecule has 0 amide bonds. The predicted molar refractivity (Wildman–Crippen MR) is 58.1 cm³/mol. The average Bonchev–Trinajstić information content (AvgIpc) is 2.00. The molecule has 2 heteroatoms. The number of rotatable bonds is 3. The largest absolute Gasteiger partial charge is 0.389 e. The molecule has 1 N–H and O–H groups in total. The third-order valence-corrected chi connectivity index (χ3v) is 2.90. The molecule has 0 radical (unpaired) electrons. The monoisotopic (exact) mass is 198 g/mol. The third-order valence-electron chi connectivity index (χ3n) is 2.90. The molecule has 0 bridgehead atoms. The van der Waals surface area contributed by atoms with Crippen molar-refractivity contribution in [2.75, 3.05) is 13.7 Å². The molecule has 14 heavy (non-hydrogen) atoms. The highest BCUT2D eigenvalue weighted by Crippen LogP contribution is 2.37. The minimum atomic E-state index is -0.270. The molecule has 2 atom stereocenters. The Morgan fingerprint density at radius 1 is 1.64 bits per heavy atom. The molecule has 0 saturated heterocycles. The van der Waals surface area contributed by atoms with Gasteiger partial charge in [0.15, 0.2) is 0 Å². The average molecular weight is 198 g/mol. The smallest absolute Gasteiger partial charge is 0.0728 e. The third kappa shape index (κ3) is 3.10. The van der Waals surface area contributed by atoms with Gasteiger partial charge < -0.3 is 9.84 Å². The molecule has 0 spiro atoms. The van der Waals surface area contributed by atoms with Crippen molar-refractivity contribution in [1.82, 2.24) is 0 Å². The van der Waals surface area contributed by atoms with Gasteiger partial charge in [-0.2, -0.15) is 0 Å². The van der Waals surface area contributed by atoms with E-state index in [1.54, 1.807) is 7.11 Å². The maximum atomic E-state index is 9.72. The Hall–Kier alpha value is -0.340. The summed E-state index contributed by atoms with van der Waals surface area (Å²) in [5.41, 5.74) is 1.57. The number of methoxy groups -OCH3 is 1. The van der Waals surface area contributed by atoms with Crippen molar-refractivity contribution in [3.05, 3.63) is 11.6 Å². The molecule has 0 heterocycles. The van der Waals surface area contributed by atoms with E-state index in [1.165, 1.54) is 5.57 Å². The lowest BCUT2D eigenvalue weighted by atomic mass is 9.73. The molecule has 0 fully saturated rings. The summed E-state index contributed by atoms with van der Waals surface area (Å²) in [7, 11) is 1.72. The summed E-state index contributed by atoms with van der Waals surface area (Å²) in [6, 6.07) is 0.